The lowest BCUT2D eigenvalue weighted by atomic mass is 10.1. The average Bonchev–Trinajstić information content (AvgIpc) is 2.88. The number of hydrogen-bond acceptors (Lipinski definition) is 4. The van der Waals surface area contributed by atoms with Gasteiger partial charge in [-0.05, 0) is 55.3 Å². The van der Waals surface area contributed by atoms with Gasteiger partial charge in [-0.25, -0.2) is 12.8 Å². The van der Waals surface area contributed by atoms with Gasteiger partial charge >= 0.3 is 0 Å². The van der Waals surface area contributed by atoms with Gasteiger partial charge in [-0.2, -0.15) is 0 Å². The summed E-state index contributed by atoms with van der Waals surface area (Å²) in [6.07, 6.45) is 0.482. The first-order valence-corrected chi connectivity index (χ1v) is 12.6. The van der Waals surface area contributed by atoms with Gasteiger partial charge in [-0.1, -0.05) is 48.5 Å². The van der Waals surface area contributed by atoms with Crippen LogP contribution in [0.3, 0.4) is 0 Å². The van der Waals surface area contributed by atoms with Gasteiger partial charge in [0.25, 0.3) is 10.0 Å². The minimum Gasteiger partial charge on any atom is -0.357 e. The van der Waals surface area contributed by atoms with Gasteiger partial charge in [0.1, 0.15) is 18.4 Å². The monoisotopic (exact) mass is 497 g/mol. The van der Waals surface area contributed by atoms with Crippen molar-refractivity contribution in [3.63, 3.8) is 0 Å². The van der Waals surface area contributed by atoms with Gasteiger partial charge in [-0.3, -0.25) is 13.9 Å². The Balaban J connectivity index is 1.95. The van der Waals surface area contributed by atoms with Crippen LogP contribution in [-0.4, -0.2) is 51.3 Å². The molecule has 1 atom stereocenters. The van der Waals surface area contributed by atoms with Crippen molar-refractivity contribution in [2.75, 3.05) is 24.4 Å². The quantitative estimate of drug-likeness (QED) is 0.466. The summed E-state index contributed by atoms with van der Waals surface area (Å²) in [5, 5.41) is 2.54. The zero-order chi connectivity index (χ0) is 25.4. The maximum atomic E-state index is 13.6. The van der Waals surface area contributed by atoms with Crippen LogP contribution in [0, 0.1) is 5.82 Å². The SMILES string of the molecule is CNC(=O)C(C)N(CCc1ccccc1)C(=O)CN(c1ccc(F)cc1)S(=O)(=O)c1ccccc1. The second-order valence-electron chi connectivity index (χ2n) is 7.91. The van der Waals surface area contributed by atoms with Crippen molar-refractivity contribution in [3.05, 3.63) is 96.3 Å². The molecule has 1 unspecified atom stereocenters. The van der Waals surface area contributed by atoms with E-state index in [1.165, 1.54) is 36.2 Å². The Morgan fingerprint density at radius 2 is 1.49 bits per heavy atom. The molecule has 3 aromatic carbocycles. The highest BCUT2D eigenvalue weighted by atomic mass is 32.2. The summed E-state index contributed by atoms with van der Waals surface area (Å²) in [6, 6.07) is 21.2. The molecule has 3 rings (SSSR count). The summed E-state index contributed by atoms with van der Waals surface area (Å²) in [7, 11) is -2.68. The lowest BCUT2D eigenvalue weighted by Gasteiger charge is -2.31. The number of rotatable bonds is 10. The lowest BCUT2D eigenvalue weighted by molar-refractivity contribution is -0.138. The van der Waals surface area contributed by atoms with Crippen molar-refractivity contribution in [2.24, 2.45) is 0 Å². The minimum absolute atomic E-state index is 0.00712. The number of nitrogens with one attached hydrogen (secondary N) is 1. The first-order chi connectivity index (χ1) is 16.7. The van der Waals surface area contributed by atoms with Gasteiger partial charge in [0, 0.05) is 13.6 Å². The summed E-state index contributed by atoms with van der Waals surface area (Å²) in [5.74, 6) is -1.46. The molecule has 2 amide bonds. The van der Waals surface area contributed by atoms with Gasteiger partial charge < -0.3 is 10.2 Å². The Hall–Kier alpha value is -3.72. The Kier molecular flexibility index (Phi) is 8.59. The number of sulfonamides is 1. The molecule has 0 saturated carbocycles. The van der Waals surface area contributed by atoms with E-state index in [1.807, 2.05) is 30.3 Å². The van der Waals surface area contributed by atoms with Crippen molar-refractivity contribution >= 4 is 27.5 Å². The van der Waals surface area contributed by atoms with Crippen molar-refractivity contribution in [1.82, 2.24) is 10.2 Å². The van der Waals surface area contributed by atoms with Crippen LogP contribution in [0.5, 0.6) is 0 Å². The topological polar surface area (TPSA) is 86.8 Å². The van der Waals surface area contributed by atoms with E-state index in [1.54, 1.807) is 25.1 Å². The van der Waals surface area contributed by atoms with E-state index in [2.05, 4.69) is 5.32 Å². The molecule has 0 heterocycles. The highest BCUT2D eigenvalue weighted by molar-refractivity contribution is 7.92. The second-order valence-corrected chi connectivity index (χ2v) is 9.78. The van der Waals surface area contributed by atoms with E-state index in [0.717, 1.165) is 22.0 Å². The van der Waals surface area contributed by atoms with Gasteiger partial charge in [-0.15, -0.1) is 0 Å². The third-order valence-corrected chi connectivity index (χ3v) is 7.41. The summed E-state index contributed by atoms with van der Waals surface area (Å²) in [5.41, 5.74) is 1.11. The fourth-order valence-corrected chi connectivity index (χ4v) is 5.07. The predicted molar refractivity (Wildman–Crippen MR) is 133 cm³/mol. The van der Waals surface area contributed by atoms with Crippen LogP contribution in [-0.2, 0) is 26.0 Å². The highest BCUT2D eigenvalue weighted by Gasteiger charge is 2.32. The first kappa shape index (κ1) is 25.9. The largest absolute Gasteiger partial charge is 0.357 e. The van der Waals surface area contributed by atoms with E-state index in [0.29, 0.717) is 6.42 Å². The number of carbonyl (C=O) groups excluding carboxylic acids is 2. The molecular weight excluding hydrogens is 469 g/mol. The summed E-state index contributed by atoms with van der Waals surface area (Å²) >= 11 is 0. The average molecular weight is 498 g/mol. The molecule has 0 aliphatic heterocycles. The predicted octanol–water partition coefficient (Wildman–Crippen LogP) is 3.23. The Labute approximate surface area is 205 Å². The molecule has 1 N–H and O–H groups in total. The van der Waals surface area contributed by atoms with Crippen molar-refractivity contribution in [3.8, 4) is 0 Å². The van der Waals surface area contributed by atoms with Crippen LogP contribution in [0.2, 0.25) is 0 Å². The number of nitrogens with zero attached hydrogens (tertiary/aromatic N) is 2. The van der Waals surface area contributed by atoms with E-state index < -0.39 is 34.3 Å². The third kappa shape index (κ3) is 6.45. The second kappa shape index (κ2) is 11.6. The number of anilines is 1. The summed E-state index contributed by atoms with van der Waals surface area (Å²) < 4.78 is 41.5. The zero-order valence-electron chi connectivity index (χ0n) is 19.6. The molecule has 35 heavy (non-hydrogen) atoms. The molecule has 0 bridgehead atoms. The molecule has 7 nitrogen and oxygen atoms in total. The number of amides is 2. The number of benzene rings is 3. The fourth-order valence-electron chi connectivity index (χ4n) is 3.63. The molecule has 0 aliphatic carbocycles. The van der Waals surface area contributed by atoms with Gasteiger partial charge in [0.05, 0.1) is 10.6 Å². The van der Waals surface area contributed by atoms with Crippen LogP contribution >= 0.6 is 0 Å². The van der Waals surface area contributed by atoms with Crippen LogP contribution in [0.1, 0.15) is 12.5 Å². The molecule has 0 aromatic heterocycles. The van der Waals surface area contributed by atoms with Crippen LogP contribution in [0.15, 0.2) is 89.8 Å². The van der Waals surface area contributed by atoms with E-state index in [-0.39, 0.29) is 23.0 Å². The number of halogens is 1. The molecule has 0 spiro atoms. The molecule has 0 radical (unpaired) electrons. The third-order valence-electron chi connectivity index (χ3n) is 5.62. The summed E-state index contributed by atoms with van der Waals surface area (Å²) in [6.45, 7) is 1.24. The molecule has 0 fully saturated rings. The van der Waals surface area contributed by atoms with Crippen molar-refractivity contribution < 1.29 is 22.4 Å². The Morgan fingerprint density at radius 1 is 0.914 bits per heavy atom. The molecule has 0 aliphatic rings. The highest BCUT2D eigenvalue weighted by Crippen LogP contribution is 2.24. The Morgan fingerprint density at radius 3 is 2.06 bits per heavy atom. The number of hydrogen-bond donors (Lipinski definition) is 1. The van der Waals surface area contributed by atoms with E-state index in [4.69, 9.17) is 0 Å². The zero-order valence-corrected chi connectivity index (χ0v) is 20.4. The molecular formula is C26H28FN3O4S. The van der Waals surface area contributed by atoms with Crippen molar-refractivity contribution in [1.29, 1.82) is 0 Å². The lowest BCUT2D eigenvalue weighted by Crippen LogP contribution is -2.51. The fraction of sp³-hybridized carbons (Fsp3) is 0.231. The van der Waals surface area contributed by atoms with Crippen LogP contribution in [0.4, 0.5) is 10.1 Å². The normalized spacial score (nSPS) is 12.0. The molecule has 184 valence electrons. The van der Waals surface area contributed by atoms with E-state index in [9.17, 15) is 22.4 Å². The molecule has 9 heteroatoms. The van der Waals surface area contributed by atoms with Crippen molar-refractivity contribution in [2.45, 2.75) is 24.3 Å². The Bertz CT molecular complexity index is 1240. The standard InChI is InChI=1S/C26H28FN3O4S/c1-20(26(32)28-2)29(18-17-21-9-5-3-6-10-21)25(31)19-30(23-15-13-22(27)14-16-23)35(33,34)24-11-7-4-8-12-24/h3-16,20H,17-19H2,1-2H3,(H,28,32). The number of carbonyl (C=O) groups is 2. The smallest absolute Gasteiger partial charge is 0.264 e. The maximum absolute atomic E-state index is 13.6. The van der Waals surface area contributed by atoms with Crippen LogP contribution in [0.25, 0.3) is 0 Å². The van der Waals surface area contributed by atoms with Crippen LogP contribution < -0.4 is 9.62 Å². The molecule has 0 saturated heterocycles. The molecule has 3 aromatic rings. The number of likely N-dealkylation sites (N-methyl/N-ethyl adjacent to an activating group) is 1. The minimum atomic E-state index is -4.15. The first-order valence-electron chi connectivity index (χ1n) is 11.1. The van der Waals surface area contributed by atoms with E-state index >= 15 is 0 Å². The maximum Gasteiger partial charge on any atom is 0.264 e. The summed E-state index contributed by atoms with van der Waals surface area (Å²) in [4.78, 5) is 27.3. The van der Waals surface area contributed by atoms with Gasteiger partial charge in [0.2, 0.25) is 11.8 Å². The van der Waals surface area contributed by atoms with Gasteiger partial charge in [0.15, 0.2) is 0 Å².